The number of hydrogen-bond acceptors (Lipinski definition) is 5. The van der Waals surface area contributed by atoms with Gasteiger partial charge in [0.05, 0.1) is 5.56 Å². The van der Waals surface area contributed by atoms with Gasteiger partial charge in [0.15, 0.2) is 5.65 Å². The van der Waals surface area contributed by atoms with Crippen LogP contribution < -0.4 is 0 Å². The summed E-state index contributed by atoms with van der Waals surface area (Å²) in [6.45, 7) is 2.05. The monoisotopic (exact) mass is 384 g/mol. The third-order valence-corrected chi connectivity index (χ3v) is 5.18. The Balaban J connectivity index is 2.09. The van der Waals surface area contributed by atoms with Crippen molar-refractivity contribution < 1.29 is 13.2 Å². The normalized spacial score (nSPS) is 12.9. The van der Waals surface area contributed by atoms with E-state index in [0.717, 1.165) is 28.6 Å². The second kappa shape index (κ2) is 7.17. The number of nitrogens with zero attached hydrogens (tertiary/aromatic N) is 4. The summed E-state index contributed by atoms with van der Waals surface area (Å²) < 4.78 is 40.4. The number of thioether (sulfide) groups is 1. The molecule has 0 aromatic carbocycles. The van der Waals surface area contributed by atoms with E-state index in [1.165, 1.54) is 11.3 Å². The van der Waals surface area contributed by atoms with Crippen LogP contribution in [0.3, 0.4) is 0 Å². The Kier molecular flexibility index (Phi) is 5.14. The molecule has 0 fully saturated rings. The summed E-state index contributed by atoms with van der Waals surface area (Å²) in [5.41, 5.74) is 0.780. The van der Waals surface area contributed by atoms with Crippen molar-refractivity contribution in [2.45, 2.75) is 13.1 Å². The third-order valence-electron chi connectivity index (χ3n) is 3.53. The minimum atomic E-state index is -4.43. The topological polar surface area (TPSA) is 43.6 Å². The average molecular weight is 384 g/mol. The van der Waals surface area contributed by atoms with Gasteiger partial charge >= 0.3 is 6.18 Å². The van der Waals surface area contributed by atoms with Gasteiger partial charge in [0, 0.05) is 36.1 Å². The number of hydrogen-bond donors (Lipinski definition) is 0. The van der Waals surface area contributed by atoms with E-state index in [0.29, 0.717) is 17.2 Å². The van der Waals surface area contributed by atoms with Gasteiger partial charge in [0.25, 0.3) is 0 Å². The quantitative estimate of drug-likeness (QED) is 0.637. The average Bonchev–Trinajstić information content (AvgIpc) is 3.18. The second-order valence-corrected chi connectivity index (χ2v) is 7.44. The molecule has 0 N–H and O–H groups in total. The van der Waals surface area contributed by atoms with Crippen molar-refractivity contribution in [2.75, 3.05) is 11.5 Å². The highest BCUT2D eigenvalue weighted by Gasteiger charge is 2.31. The number of alkyl halides is 3. The van der Waals surface area contributed by atoms with E-state index < -0.39 is 11.7 Å². The van der Waals surface area contributed by atoms with Crippen molar-refractivity contribution in [3.63, 3.8) is 0 Å². The fourth-order valence-electron chi connectivity index (χ4n) is 2.36. The summed E-state index contributed by atoms with van der Waals surface area (Å²) in [6.07, 6.45) is 0.0572. The van der Waals surface area contributed by atoms with Gasteiger partial charge in [0.1, 0.15) is 16.3 Å². The van der Waals surface area contributed by atoms with Gasteiger partial charge < -0.3 is 4.57 Å². The lowest BCUT2D eigenvalue weighted by Gasteiger charge is -2.07. The standard InChI is InChI=1S/C16H15F3N4S2/c1-3-24-9-10(6-13-20-4-5-25-13)14-22-12-7-11(16(17,18)19)8-21-15(12)23(14)2/h4-8H,3,9H2,1-2H3/b10-6+. The summed E-state index contributed by atoms with van der Waals surface area (Å²) >= 11 is 3.21. The van der Waals surface area contributed by atoms with Crippen LogP contribution in [0.15, 0.2) is 23.8 Å². The molecular weight excluding hydrogens is 369 g/mol. The van der Waals surface area contributed by atoms with Gasteiger partial charge in [0.2, 0.25) is 0 Å². The molecule has 0 aliphatic heterocycles. The Hall–Kier alpha value is -1.87. The van der Waals surface area contributed by atoms with Gasteiger partial charge in [-0.15, -0.1) is 11.3 Å². The molecule has 0 spiro atoms. The number of aryl methyl sites for hydroxylation is 1. The first-order valence-corrected chi connectivity index (χ1v) is 9.51. The van der Waals surface area contributed by atoms with Gasteiger partial charge in [-0.25, -0.2) is 15.0 Å². The Morgan fingerprint density at radius 3 is 2.80 bits per heavy atom. The van der Waals surface area contributed by atoms with Crippen LogP contribution in [0.2, 0.25) is 0 Å². The first kappa shape index (κ1) is 17.9. The minimum Gasteiger partial charge on any atom is -0.312 e. The number of aromatic nitrogens is 4. The van der Waals surface area contributed by atoms with Gasteiger partial charge in [-0.05, 0) is 17.9 Å². The first-order chi connectivity index (χ1) is 11.9. The molecule has 0 saturated heterocycles. The molecule has 0 aliphatic rings. The van der Waals surface area contributed by atoms with Crippen LogP contribution >= 0.6 is 23.1 Å². The second-order valence-electron chi connectivity index (χ2n) is 5.24. The van der Waals surface area contributed by atoms with Gasteiger partial charge in [-0.3, -0.25) is 0 Å². The molecule has 4 nitrogen and oxygen atoms in total. The van der Waals surface area contributed by atoms with Crippen molar-refractivity contribution >= 4 is 45.9 Å². The molecule has 3 rings (SSSR count). The summed E-state index contributed by atoms with van der Waals surface area (Å²) in [6, 6.07) is 1.04. The van der Waals surface area contributed by atoms with Crippen LogP contribution in [0.4, 0.5) is 13.2 Å². The Morgan fingerprint density at radius 2 is 2.16 bits per heavy atom. The molecule has 3 heterocycles. The van der Waals surface area contributed by atoms with E-state index in [1.54, 1.807) is 29.6 Å². The summed E-state index contributed by atoms with van der Waals surface area (Å²) in [4.78, 5) is 12.6. The highest BCUT2D eigenvalue weighted by Crippen LogP contribution is 2.31. The van der Waals surface area contributed by atoms with E-state index in [1.807, 2.05) is 11.5 Å². The predicted molar refractivity (Wildman–Crippen MR) is 96.5 cm³/mol. The number of halogens is 3. The molecule has 132 valence electrons. The van der Waals surface area contributed by atoms with E-state index in [4.69, 9.17) is 0 Å². The van der Waals surface area contributed by atoms with Gasteiger partial charge in [-0.2, -0.15) is 24.9 Å². The number of rotatable bonds is 5. The molecule has 0 radical (unpaired) electrons. The maximum Gasteiger partial charge on any atom is 0.417 e. The lowest BCUT2D eigenvalue weighted by Crippen LogP contribution is -2.05. The van der Waals surface area contributed by atoms with E-state index in [9.17, 15) is 13.2 Å². The summed E-state index contributed by atoms with van der Waals surface area (Å²) in [7, 11) is 1.76. The van der Waals surface area contributed by atoms with Crippen molar-refractivity contribution in [3.05, 3.63) is 40.2 Å². The van der Waals surface area contributed by atoms with Crippen molar-refractivity contribution in [3.8, 4) is 0 Å². The highest BCUT2D eigenvalue weighted by molar-refractivity contribution is 7.99. The maximum absolute atomic E-state index is 12.9. The molecule has 0 unspecified atom stereocenters. The Morgan fingerprint density at radius 1 is 1.36 bits per heavy atom. The largest absolute Gasteiger partial charge is 0.417 e. The molecule has 0 amide bonds. The minimum absolute atomic E-state index is 0.235. The number of thiazole rings is 1. The molecule has 0 saturated carbocycles. The van der Waals surface area contributed by atoms with Crippen molar-refractivity contribution in [2.24, 2.45) is 7.05 Å². The highest BCUT2D eigenvalue weighted by atomic mass is 32.2. The zero-order valence-corrected chi connectivity index (χ0v) is 15.2. The third kappa shape index (κ3) is 3.87. The molecular formula is C16H15F3N4S2. The number of imidazole rings is 1. The van der Waals surface area contributed by atoms with Crippen molar-refractivity contribution in [1.82, 2.24) is 19.5 Å². The first-order valence-electron chi connectivity index (χ1n) is 7.48. The zero-order valence-electron chi connectivity index (χ0n) is 13.5. The van der Waals surface area contributed by atoms with Crippen LogP contribution in [0, 0.1) is 0 Å². The predicted octanol–water partition coefficient (Wildman–Crippen LogP) is 4.74. The maximum atomic E-state index is 12.9. The van der Waals surface area contributed by atoms with Crippen LogP contribution in [-0.4, -0.2) is 31.0 Å². The van der Waals surface area contributed by atoms with E-state index in [2.05, 4.69) is 21.9 Å². The molecule has 0 atom stereocenters. The zero-order chi connectivity index (χ0) is 18.0. The summed E-state index contributed by atoms with van der Waals surface area (Å²) in [5, 5.41) is 2.71. The molecule has 25 heavy (non-hydrogen) atoms. The fraction of sp³-hybridized carbons (Fsp3) is 0.312. The molecule has 0 aliphatic carbocycles. The summed E-state index contributed by atoms with van der Waals surface area (Å²) in [5.74, 6) is 2.23. The van der Waals surface area contributed by atoms with Crippen LogP contribution in [-0.2, 0) is 13.2 Å². The molecule has 3 aromatic heterocycles. The lowest BCUT2D eigenvalue weighted by atomic mass is 10.2. The lowest BCUT2D eigenvalue weighted by molar-refractivity contribution is -0.137. The van der Waals surface area contributed by atoms with E-state index in [-0.39, 0.29) is 5.52 Å². The number of fused-ring (bicyclic) bond motifs is 1. The van der Waals surface area contributed by atoms with Crippen LogP contribution in [0.1, 0.15) is 23.3 Å². The SMILES string of the molecule is CCSC/C(=C\c1nccs1)c1nc2cc(C(F)(F)F)cnc2n1C. The van der Waals surface area contributed by atoms with E-state index >= 15 is 0 Å². The smallest absolute Gasteiger partial charge is 0.312 e. The van der Waals surface area contributed by atoms with Gasteiger partial charge in [-0.1, -0.05) is 6.92 Å². The number of pyridine rings is 1. The van der Waals surface area contributed by atoms with Crippen LogP contribution in [0.25, 0.3) is 22.8 Å². The van der Waals surface area contributed by atoms with Crippen LogP contribution in [0.5, 0.6) is 0 Å². The molecule has 0 bridgehead atoms. The molecule has 9 heteroatoms. The Bertz CT molecular complexity index is 898. The van der Waals surface area contributed by atoms with Crippen molar-refractivity contribution in [1.29, 1.82) is 0 Å². The Labute approximate surface area is 150 Å². The molecule has 3 aromatic rings. The fourth-order valence-corrected chi connectivity index (χ4v) is 3.59.